The number of hydrogen-bond donors (Lipinski definition) is 4. The van der Waals surface area contributed by atoms with E-state index in [0.717, 1.165) is 0 Å². The van der Waals surface area contributed by atoms with E-state index in [2.05, 4.69) is 20.4 Å². The van der Waals surface area contributed by atoms with Crippen LogP contribution >= 0.6 is 11.6 Å². The fraction of sp³-hybridized carbons (Fsp3) is 0.292. The summed E-state index contributed by atoms with van der Waals surface area (Å²) in [5.74, 6) is -0.231. The minimum atomic E-state index is -0.749. The third-order valence-electron chi connectivity index (χ3n) is 5.53. The van der Waals surface area contributed by atoms with Crippen molar-refractivity contribution in [2.45, 2.75) is 33.6 Å². The Balaban J connectivity index is 1.77. The van der Waals surface area contributed by atoms with Gasteiger partial charge in [0.1, 0.15) is 11.5 Å². The van der Waals surface area contributed by atoms with Crippen LogP contribution in [0.5, 0.6) is 0 Å². The van der Waals surface area contributed by atoms with Crippen molar-refractivity contribution >= 4 is 17.6 Å². The number of H-pyrrole nitrogens is 4. The number of hydrogen-bond acceptors (Lipinski definition) is 5. The molecule has 0 aliphatic heterocycles. The average Bonchev–Trinajstić information content (AvgIpc) is 3.49. The van der Waals surface area contributed by atoms with Crippen LogP contribution in [0.25, 0.3) is 11.3 Å². The molecule has 0 bridgehead atoms. The number of furan rings is 1. The predicted octanol–water partition coefficient (Wildman–Crippen LogP) is 4.24. The topological polar surface area (TPSA) is 137 Å². The molecule has 4 rings (SSSR count). The van der Waals surface area contributed by atoms with Gasteiger partial charge in [0, 0.05) is 17.0 Å². The molecule has 0 spiro atoms. The van der Waals surface area contributed by atoms with Gasteiger partial charge in [-0.2, -0.15) is 0 Å². The Morgan fingerprint density at radius 3 is 2.12 bits per heavy atom. The molecule has 0 amide bonds. The Morgan fingerprint density at radius 1 is 0.971 bits per heavy atom. The molecule has 0 aliphatic carbocycles. The van der Waals surface area contributed by atoms with Crippen molar-refractivity contribution in [2.24, 2.45) is 5.92 Å². The highest BCUT2D eigenvalue weighted by Gasteiger charge is 2.30. The number of halogens is 1. The van der Waals surface area contributed by atoms with E-state index in [4.69, 9.17) is 20.8 Å². The second kappa shape index (κ2) is 9.26. The van der Waals surface area contributed by atoms with Gasteiger partial charge < -0.3 is 19.4 Å². The van der Waals surface area contributed by atoms with E-state index < -0.39 is 11.9 Å². The number of aryl methyl sites for hydroxylation is 2. The van der Waals surface area contributed by atoms with Crippen molar-refractivity contribution in [3.63, 3.8) is 0 Å². The van der Waals surface area contributed by atoms with E-state index in [1.807, 2.05) is 13.8 Å². The zero-order chi connectivity index (χ0) is 24.6. The number of aromatic nitrogens is 4. The van der Waals surface area contributed by atoms with E-state index in [-0.39, 0.29) is 34.2 Å². The molecule has 9 nitrogen and oxygen atoms in total. The first kappa shape index (κ1) is 23.4. The smallest absolute Gasteiger partial charge is 0.339 e. The SMILES string of the molecule is Cc1[nH][nH]c(=O)c1C(c1ccc(-c2ccc(Cl)c(C(=O)OCC(C)C)c2)o1)c1c(C)[nH][nH]c1=O. The molecule has 178 valence electrons. The Hall–Kier alpha value is -3.72. The van der Waals surface area contributed by atoms with Crippen LogP contribution in [-0.4, -0.2) is 33.0 Å². The Kier molecular flexibility index (Phi) is 6.39. The summed E-state index contributed by atoms with van der Waals surface area (Å²) in [5.41, 5.74) is 2.08. The summed E-state index contributed by atoms with van der Waals surface area (Å²) >= 11 is 6.24. The number of benzene rings is 1. The second-order valence-electron chi connectivity index (χ2n) is 8.56. The minimum absolute atomic E-state index is 0.190. The number of carbonyl (C=O) groups excluding carboxylic acids is 1. The van der Waals surface area contributed by atoms with Crippen LogP contribution in [-0.2, 0) is 4.74 Å². The molecular formula is C24H25ClN4O5. The fourth-order valence-electron chi connectivity index (χ4n) is 3.85. The molecule has 4 aromatic rings. The van der Waals surface area contributed by atoms with Gasteiger partial charge in [-0.3, -0.25) is 19.8 Å². The lowest BCUT2D eigenvalue weighted by Gasteiger charge is -2.13. The number of rotatable bonds is 7. The van der Waals surface area contributed by atoms with Crippen LogP contribution in [0.2, 0.25) is 5.02 Å². The Morgan fingerprint density at radius 2 is 1.59 bits per heavy atom. The normalized spacial score (nSPS) is 11.5. The zero-order valence-corrected chi connectivity index (χ0v) is 19.9. The molecule has 34 heavy (non-hydrogen) atoms. The first-order valence-corrected chi connectivity index (χ1v) is 11.2. The van der Waals surface area contributed by atoms with Gasteiger partial charge in [0.15, 0.2) is 0 Å². The maximum absolute atomic E-state index is 12.6. The lowest BCUT2D eigenvalue weighted by molar-refractivity contribution is 0.0459. The van der Waals surface area contributed by atoms with Crippen LogP contribution in [0.15, 0.2) is 44.3 Å². The summed E-state index contributed by atoms with van der Waals surface area (Å²) in [6, 6.07) is 8.36. The highest BCUT2D eigenvalue weighted by molar-refractivity contribution is 6.33. The van der Waals surface area contributed by atoms with Gasteiger partial charge in [-0.25, -0.2) is 4.79 Å². The van der Waals surface area contributed by atoms with E-state index in [1.165, 1.54) is 0 Å². The van der Waals surface area contributed by atoms with Gasteiger partial charge in [0.2, 0.25) is 0 Å². The maximum atomic E-state index is 12.6. The van der Waals surface area contributed by atoms with Crippen molar-refractivity contribution in [3.8, 4) is 11.3 Å². The van der Waals surface area contributed by atoms with Crippen molar-refractivity contribution in [2.75, 3.05) is 6.61 Å². The molecule has 3 aromatic heterocycles. The molecule has 3 heterocycles. The van der Waals surface area contributed by atoms with E-state index in [1.54, 1.807) is 44.2 Å². The lowest BCUT2D eigenvalue weighted by Crippen LogP contribution is -2.19. The largest absolute Gasteiger partial charge is 0.462 e. The molecular weight excluding hydrogens is 460 g/mol. The van der Waals surface area contributed by atoms with Crippen LogP contribution in [0.1, 0.15) is 58.4 Å². The molecule has 0 unspecified atom stereocenters. The van der Waals surface area contributed by atoms with Gasteiger partial charge in [-0.1, -0.05) is 25.4 Å². The zero-order valence-electron chi connectivity index (χ0n) is 19.2. The fourth-order valence-corrected chi connectivity index (χ4v) is 4.05. The second-order valence-corrected chi connectivity index (χ2v) is 8.96. The molecule has 0 fully saturated rings. The molecule has 0 atom stereocenters. The highest BCUT2D eigenvalue weighted by atomic mass is 35.5. The van der Waals surface area contributed by atoms with Crippen LogP contribution in [0.4, 0.5) is 0 Å². The van der Waals surface area contributed by atoms with Gasteiger partial charge in [0.05, 0.1) is 34.2 Å². The monoisotopic (exact) mass is 484 g/mol. The molecule has 0 saturated heterocycles. The van der Waals surface area contributed by atoms with Gasteiger partial charge in [0.25, 0.3) is 11.1 Å². The molecule has 0 radical (unpaired) electrons. The number of aromatic amines is 4. The summed E-state index contributed by atoms with van der Waals surface area (Å²) < 4.78 is 11.5. The van der Waals surface area contributed by atoms with Gasteiger partial charge in [-0.15, -0.1) is 0 Å². The summed E-state index contributed by atoms with van der Waals surface area (Å²) in [6.07, 6.45) is 0. The van der Waals surface area contributed by atoms with Crippen LogP contribution in [0, 0.1) is 19.8 Å². The molecule has 0 aliphatic rings. The lowest BCUT2D eigenvalue weighted by atomic mass is 9.89. The molecule has 0 saturated carbocycles. The Labute approximate surface area is 199 Å². The number of esters is 1. The van der Waals surface area contributed by atoms with E-state index >= 15 is 0 Å². The summed E-state index contributed by atoms with van der Waals surface area (Å²) in [6.45, 7) is 7.66. The summed E-state index contributed by atoms with van der Waals surface area (Å²) in [4.78, 5) is 37.7. The third-order valence-corrected chi connectivity index (χ3v) is 5.86. The van der Waals surface area contributed by atoms with Gasteiger partial charge in [-0.05, 0) is 50.1 Å². The number of nitrogens with one attached hydrogen (secondary N) is 4. The minimum Gasteiger partial charge on any atom is -0.462 e. The Bertz CT molecular complexity index is 1400. The van der Waals surface area contributed by atoms with Crippen LogP contribution < -0.4 is 11.1 Å². The maximum Gasteiger partial charge on any atom is 0.339 e. The van der Waals surface area contributed by atoms with Gasteiger partial charge >= 0.3 is 5.97 Å². The standard InChI is InChI=1S/C24H25ClN4O5/c1-11(2)10-33-24(32)15-9-14(5-6-16(15)25)17-7-8-18(34-17)21(19-12(3)26-28-22(19)30)20-13(4)27-29-23(20)31/h5-9,11,21H,10H2,1-4H3,(H2,26,28,30)(H2,27,29,31). The van der Waals surface area contributed by atoms with E-state index in [9.17, 15) is 14.4 Å². The molecule has 4 N–H and O–H groups in total. The van der Waals surface area contributed by atoms with E-state index in [0.29, 0.717) is 39.6 Å². The predicted molar refractivity (Wildman–Crippen MR) is 128 cm³/mol. The third kappa shape index (κ3) is 4.38. The number of ether oxygens (including phenoxy) is 1. The first-order valence-electron chi connectivity index (χ1n) is 10.8. The van der Waals surface area contributed by atoms with Crippen molar-refractivity contribution in [3.05, 3.63) is 89.9 Å². The molecule has 1 aromatic carbocycles. The number of carbonyl (C=O) groups is 1. The quantitative estimate of drug-likeness (QED) is 0.291. The first-order chi connectivity index (χ1) is 16.2. The highest BCUT2D eigenvalue weighted by Crippen LogP contribution is 2.35. The van der Waals surface area contributed by atoms with Crippen molar-refractivity contribution in [1.29, 1.82) is 0 Å². The average molecular weight is 485 g/mol. The molecule has 10 heteroatoms. The van der Waals surface area contributed by atoms with Crippen molar-refractivity contribution in [1.82, 2.24) is 20.4 Å². The van der Waals surface area contributed by atoms with Crippen LogP contribution in [0.3, 0.4) is 0 Å². The summed E-state index contributed by atoms with van der Waals surface area (Å²) in [5, 5.41) is 11.0. The van der Waals surface area contributed by atoms with Crippen molar-refractivity contribution < 1.29 is 13.9 Å². The summed E-state index contributed by atoms with van der Waals surface area (Å²) in [7, 11) is 0.